The zero-order valence-electron chi connectivity index (χ0n) is 17.4. The van der Waals surface area contributed by atoms with Gasteiger partial charge in [0.05, 0.1) is 6.04 Å². The van der Waals surface area contributed by atoms with Crippen LogP contribution in [0.1, 0.15) is 73.9 Å². The van der Waals surface area contributed by atoms with Gasteiger partial charge in [0.2, 0.25) is 0 Å². The number of hydrogen-bond acceptors (Lipinski definition) is 2. The normalized spacial score (nSPS) is 21.8. The average Bonchev–Trinajstić information content (AvgIpc) is 2.74. The molecule has 2 heteroatoms. The van der Waals surface area contributed by atoms with Gasteiger partial charge in [-0.25, -0.2) is 0 Å². The van der Waals surface area contributed by atoms with Crippen molar-refractivity contribution < 1.29 is 4.79 Å². The smallest absolute Gasteiger partial charge is 0.150 e. The Kier molecular flexibility index (Phi) is 6.51. The summed E-state index contributed by atoms with van der Waals surface area (Å²) in [6.07, 6.45) is 20.9. The van der Waals surface area contributed by atoms with E-state index in [1.807, 2.05) is 6.07 Å². The van der Waals surface area contributed by atoms with Crippen molar-refractivity contribution in [2.75, 3.05) is 0 Å². The molecule has 28 heavy (non-hydrogen) atoms. The fraction of sp³-hybridized carbons (Fsp3) is 0.346. The number of allylic oxidation sites excluding steroid dienone is 7. The minimum Gasteiger partial charge on any atom is -0.339 e. The van der Waals surface area contributed by atoms with Crippen LogP contribution in [0.3, 0.4) is 0 Å². The first kappa shape index (κ1) is 20.1. The molecule has 0 N–H and O–H groups in total. The molecule has 3 rings (SSSR count). The second-order valence-electron chi connectivity index (χ2n) is 7.91. The lowest BCUT2D eigenvalue weighted by atomic mass is 9.84. The van der Waals surface area contributed by atoms with Crippen molar-refractivity contribution in [3.05, 3.63) is 94.9 Å². The molecule has 0 heterocycles. The third-order valence-electron chi connectivity index (χ3n) is 5.71. The predicted octanol–water partition coefficient (Wildman–Crippen LogP) is 6.66. The highest BCUT2D eigenvalue weighted by Crippen LogP contribution is 2.35. The van der Waals surface area contributed by atoms with Crippen molar-refractivity contribution in [3.63, 3.8) is 0 Å². The molecule has 2 atom stereocenters. The highest BCUT2D eigenvalue weighted by atomic mass is 16.1. The number of nitrogens with zero attached hydrogens (tertiary/aromatic N) is 1. The van der Waals surface area contributed by atoms with Crippen molar-refractivity contribution in [1.82, 2.24) is 4.90 Å². The van der Waals surface area contributed by atoms with Crippen LogP contribution in [0.2, 0.25) is 0 Å². The Balaban J connectivity index is 1.86. The summed E-state index contributed by atoms with van der Waals surface area (Å²) in [6.45, 7) is 8.68. The van der Waals surface area contributed by atoms with Gasteiger partial charge >= 0.3 is 0 Å². The zero-order valence-corrected chi connectivity index (χ0v) is 17.4. The maximum atomic E-state index is 11.2. The van der Waals surface area contributed by atoms with Crippen molar-refractivity contribution in [2.24, 2.45) is 0 Å². The van der Waals surface area contributed by atoms with E-state index in [9.17, 15) is 4.79 Å². The van der Waals surface area contributed by atoms with Gasteiger partial charge in [0.15, 0.2) is 0 Å². The van der Waals surface area contributed by atoms with Crippen LogP contribution in [0, 0.1) is 0 Å². The van der Waals surface area contributed by atoms with Crippen LogP contribution in [-0.2, 0) is 0 Å². The molecule has 1 aromatic rings. The molecule has 2 aliphatic carbocycles. The SMILES string of the molecule is C/C=C(\C)N(C1=CCC(c2ccc(C=O)cc2C(C)C)C=C1)C1C=CC=CC1. The first-order chi connectivity index (χ1) is 13.5. The number of carbonyl (C=O) groups is 1. The molecule has 0 aromatic heterocycles. The summed E-state index contributed by atoms with van der Waals surface area (Å²) in [5.74, 6) is 0.756. The molecule has 1 aromatic carbocycles. The zero-order chi connectivity index (χ0) is 20.1. The first-order valence-corrected chi connectivity index (χ1v) is 10.3. The summed E-state index contributed by atoms with van der Waals surface area (Å²) in [7, 11) is 0. The Morgan fingerprint density at radius 2 is 2.00 bits per heavy atom. The van der Waals surface area contributed by atoms with E-state index in [-0.39, 0.29) is 0 Å². The number of aldehydes is 1. The third kappa shape index (κ3) is 4.27. The van der Waals surface area contributed by atoms with Gasteiger partial charge < -0.3 is 4.90 Å². The van der Waals surface area contributed by atoms with Crippen LogP contribution in [0.25, 0.3) is 0 Å². The second kappa shape index (κ2) is 9.05. The summed E-state index contributed by atoms with van der Waals surface area (Å²) in [5.41, 5.74) is 5.92. The molecule has 0 radical (unpaired) electrons. The van der Waals surface area contributed by atoms with E-state index in [2.05, 4.69) is 93.3 Å². The van der Waals surface area contributed by atoms with E-state index in [1.54, 1.807) is 0 Å². The predicted molar refractivity (Wildman–Crippen MR) is 118 cm³/mol. The molecule has 2 unspecified atom stereocenters. The Morgan fingerprint density at radius 3 is 2.57 bits per heavy atom. The minimum atomic E-state index is 0.358. The van der Waals surface area contributed by atoms with Gasteiger partial charge in [-0.1, -0.05) is 68.5 Å². The van der Waals surface area contributed by atoms with E-state index < -0.39 is 0 Å². The Morgan fingerprint density at radius 1 is 1.18 bits per heavy atom. The molecular formula is C26H31NO. The first-order valence-electron chi connectivity index (χ1n) is 10.3. The van der Waals surface area contributed by atoms with Crippen molar-refractivity contribution in [2.45, 2.75) is 58.4 Å². The van der Waals surface area contributed by atoms with Crippen molar-refractivity contribution >= 4 is 6.29 Å². The maximum Gasteiger partial charge on any atom is 0.150 e. The van der Waals surface area contributed by atoms with Gasteiger partial charge in [-0.2, -0.15) is 0 Å². The van der Waals surface area contributed by atoms with Gasteiger partial charge in [0.1, 0.15) is 6.29 Å². The quantitative estimate of drug-likeness (QED) is 0.520. The lowest BCUT2D eigenvalue weighted by molar-refractivity contribution is 0.112. The van der Waals surface area contributed by atoms with E-state index in [0.717, 1.165) is 24.7 Å². The number of benzene rings is 1. The van der Waals surface area contributed by atoms with Gasteiger partial charge in [-0.15, -0.1) is 0 Å². The van der Waals surface area contributed by atoms with E-state index in [4.69, 9.17) is 0 Å². The van der Waals surface area contributed by atoms with E-state index in [0.29, 0.717) is 17.9 Å². The summed E-state index contributed by atoms with van der Waals surface area (Å²) >= 11 is 0. The summed E-state index contributed by atoms with van der Waals surface area (Å²) < 4.78 is 0. The van der Waals surface area contributed by atoms with Gasteiger partial charge in [-0.05, 0) is 55.9 Å². The molecule has 2 nitrogen and oxygen atoms in total. The Bertz CT molecular complexity index is 866. The average molecular weight is 374 g/mol. The van der Waals surface area contributed by atoms with Gasteiger partial charge in [0.25, 0.3) is 0 Å². The molecule has 0 saturated heterocycles. The van der Waals surface area contributed by atoms with E-state index >= 15 is 0 Å². The third-order valence-corrected chi connectivity index (χ3v) is 5.71. The van der Waals surface area contributed by atoms with Crippen LogP contribution in [0.4, 0.5) is 0 Å². The molecule has 2 aliphatic rings. The molecule has 0 saturated carbocycles. The van der Waals surface area contributed by atoms with E-state index in [1.165, 1.54) is 22.5 Å². The number of carbonyl (C=O) groups excluding carboxylic acids is 1. The minimum absolute atomic E-state index is 0.358. The van der Waals surface area contributed by atoms with Crippen LogP contribution in [0.5, 0.6) is 0 Å². The number of hydrogen-bond donors (Lipinski definition) is 0. The Labute approximate surface area is 169 Å². The topological polar surface area (TPSA) is 20.3 Å². The molecule has 0 amide bonds. The summed E-state index contributed by atoms with van der Waals surface area (Å²) in [4.78, 5) is 13.6. The monoisotopic (exact) mass is 373 g/mol. The summed E-state index contributed by atoms with van der Waals surface area (Å²) in [5, 5.41) is 0. The fourth-order valence-corrected chi connectivity index (χ4v) is 4.08. The lowest BCUT2D eigenvalue weighted by Crippen LogP contribution is -2.32. The molecule has 0 fully saturated rings. The molecule has 146 valence electrons. The Hall–Kier alpha value is -2.61. The largest absolute Gasteiger partial charge is 0.339 e. The summed E-state index contributed by atoms with van der Waals surface area (Å²) in [6, 6.07) is 6.50. The fourth-order valence-electron chi connectivity index (χ4n) is 4.08. The van der Waals surface area contributed by atoms with Gasteiger partial charge in [-0.3, -0.25) is 4.79 Å². The van der Waals surface area contributed by atoms with Gasteiger partial charge in [0, 0.05) is 22.9 Å². The van der Waals surface area contributed by atoms with Crippen LogP contribution in [0.15, 0.2) is 78.2 Å². The standard InChI is InChI=1S/C26H31NO/c1-5-20(4)27(23-9-7-6-8-10-23)24-14-12-22(13-15-24)25-16-11-21(18-28)17-26(25)19(2)3/h5-9,11-12,14-19,22-23H,10,13H2,1-4H3/b20-5+. The lowest BCUT2D eigenvalue weighted by Gasteiger charge is -2.35. The van der Waals surface area contributed by atoms with Crippen LogP contribution in [-0.4, -0.2) is 17.2 Å². The van der Waals surface area contributed by atoms with Crippen molar-refractivity contribution in [1.29, 1.82) is 0 Å². The van der Waals surface area contributed by atoms with Crippen molar-refractivity contribution in [3.8, 4) is 0 Å². The highest BCUT2D eigenvalue weighted by molar-refractivity contribution is 5.75. The second-order valence-corrected chi connectivity index (χ2v) is 7.91. The van der Waals surface area contributed by atoms with Crippen LogP contribution >= 0.6 is 0 Å². The number of rotatable bonds is 6. The molecule has 0 bridgehead atoms. The molecule has 0 aliphatic heterocycles. The molecular weight excluding hydrogens is 342 g/mol. The highest BCUT2D eigenvalue weighted by Gasteiger charge is 2.23. The maximum absolute atomic E-state index is 11.2. The molecule has 0 spiro atoms. The van der Waals surface area contributed by atoms with Crippen LogP contribution < -0.4 is 0 Å².